The maximum absolute atomic E-state index is 13.1. The zero-order valence-corrected chi connectivity index (χ0v) is 16.9. The predicted octanol–water partition coefficient (Wildman–Crippen LogP) is 5.11. The fraction of sp³-hybridized carbons (Fsp3) is 0.682. The summed E-state index contributed by atoms with van der Waals surface area (Å²) in [5.74, 6) is 0.784. The van der Waals surface area contributed by atoms with Gasteiger partial charge in [0.25, 0.3) is 0 Å². The smallest absolute Gasteiger partial charge is 0.223 e. The molecule has 0 N–H and O–H groups in total. The monoisotopic (exact) mass is 377 g/mol. The van der Waals surface area contributed by atoms with E-state index < -0.39 is 0 Å². The molecule has 2 aliphatic heterocycles. The molecule has 2 heterocycles. The first-order chi connectivity index (χ1) is 12.5. The molecule has 1 amide bonds. The molecule has 4 heteroatoms. The summed E-state index contributed by atoms with van der Waals surface area (Å²) < 4.78 is 6.03. The summed E-state index contributed by atoms with van der Waals surface area (Å²) in [6.07, 6.45) is 7.10. The minimum atomic E-state index is -0.0489. The number of ether oxygens (including phenoxy) is 1. The Bertz CT molecular complexity index is 612. The van der Waals surface area contributed by atoms with Crippen molar-refractivity contribution in [3.8, 4) is 0 Å². The fourth-order valence-electron chi connectivity index (χ4n) is 4.45. The van der Waals surface area contributed by atoms with Crippen molar-refractivity contribution in [1.29, 1.82) is 0 Å². The summed E-state index contributed by atoms with van der Waals surface area (Å²) in [5.41, 5.74) is 1.11. The van der Waals surface area contributed by atoms with E-state index in [2.05, 4.69) is 24.8 Å². The van der Waals surface area contributed by atoms with Crippen LogP contribution in [-0.2, 0) is 16.0 Å². The van der Waals surface area contributed by atoms with Crippen molar-refractivity contribution in [2.45, 2.75) is 64.9 Å². The van der Waals surface area contributed by atoms with Crippen molar-refractivity contribution in [1.82, 2.24) is 4.90 Å². The molecular formula is C22H32ClNO2. The molecule has 2 atom stereocenters. The Labute approximate surface area is 163 Å². The Morgan fingerprint density at radius 2 is 2.00 bits per heavy atom. The average molecular weight is 378 g/mol. The van der Waals surface area contributed by atoms with Crippen LogP contribution in [0.25, 0.3) is 0 Å². The molecule has 2 saturated heterocycles. The van der Waals surface area contributed by atoms with Crippen LogP contribution in [0.3, 0.4) is 0 Å². The minimum absolute atomic E-state index is 0.0489. The molecule has 0 bridgehead atoms. The van der Waals surface area contributed by atoms with Crippen LogP contribution in [0.2, 0.25) is 5.02 Å². The van der Waals surface area contributed by atoms with Gasteiger partial charge in [-0.25, -0.2) is 0 Å². The third-order valence-corrected chi connectivity index (χ3v) is 6.47. The van der Waals surface area contributed by atoms with Gasteiger partial charge in [0.2, 0.25) is 5.91 Å². The number of benzene rings is 1. The molecule has 0 aromatic heterocycles. The lowest BCUT2D eigenvalue weighted by atomic mass is 9.69. The van der Waals surface area contributed by atoms with Gasteiger partial charge >= 0.3 is 0 Å². The van der Waals surface area contributed by atoms with Crippen molar-refractivity contribution < 1.29 is 9.53 Å². The number of nitrogens with zero attached hydrogens (tertiary/aromatic N) is 1. The summed E-state index contributed by atoms with van der Waals surface area (Å²) >= 11 is 6.46. The van der Waals surface area contributed by atoms with Crippen LogP contribution in [0.4, 0.5) is 0 Å². The van der Waals surface area contributed by atoms with Crippen LogP contribution in [-0.4, -0.2) is 36.6 Å². The third-order valence-electron chi connectivity index (χ3n) is 6.10. The number of likely N-dealkylation sites (tertiary alicyclic amines) is 1. The molecule has 0 saturated carbocycles. The Morgan fingerprint density at radius 3 is 2.69 bits per heavy atom. The predicted molar refractivity (Wildman–Crippen MR) is 106 cm³/mol. The number of halogens is 1. The summed E-state index contributed by atoms with van der Waals surface area (Å²) in [6, 6.07) is 8.07. The summed E-state index contributed by atoms with van der Waals surface area (Å²) in [5, 5.41) is 0.810. The maximum atomic E-state index is 13.1. The maximum Gasteiger partial charge on any atom is 0.223 e. The molecule has 0 aliphatic carbocycles. The van der Waals surface area contributed by atoms with Gasteiger partial charge in [0, 0.05) is 31.1 Å². The van der Waals surface area contributed by atoms with Gasteiger partial charge in [-0.2, -0.15) is 0 Å². The first-order valence-electron chi connectivity index (χ1n) is 10.1. The highest BCUT2D eigenvalue weighted by molar-refractivity contribution is 6.31. The second-order valence-electron chi connectivity index (χ2n) is 8.49. The number of carbonyl (C=O) groups is 1. The van der Waals surface area contributed by atoms with Crippen LogP contribution in [0, 0.1) is 11.3 Å². The molecule has 0 unspecified atom stereocenters. The molecule has 26 heavy (non-hydrogen) atoms. The number of hydrogen-bond acceptors (Lipinski definition) is 2. The van der Waals surface area contributed by atoms with Gasteiger partial charge in [-0.15, -0.1) is 0 Å². The van der Waals surface area contributed by atoms with E-state index in [1.54, 1.807) is 0 Å². The standard InChI is InChI=1S/C22H32ClNO2/c1-17(2)20-15-22(10-13-26-20,14-18-8-4-5-9-19(18)23)16-21(25)24-11-6-3-7-12-24/h4-5,8-9,17,20H,3,6-7,10-16H2,1-2H3/t20-,22+/m1/s1. The number of hydrogen-bond donors (Lipinski definition) is 0. The molecule has 2 aliphatic rings. The van der Waals surface area contributed by atoms with E-state index in [1.165, 1.54) is 6.42 Å². The SMILES string of the molecule is CC(C)[C@H]1C[C@@](CC(=O)N2CCCCC2)(Cc2ccccc2Cl)CCO1. The first kappa shape index (κ1) is 19.7. The number of rotatable bonds is 5. The van der Waals surface area contributed by atoms with E-state index in [0.29, 0.717) is 18.2 Å². The molecule has 1 aromatic carbocycles. The number of piperidine rings is 1. The largest absolute Gasteiger partial charge is 0.378 e. The molecule has 0 spiro atoms. The molecule has 1 aromatic rings. The van der Waals surface area contributed by atoms with Crippen molar-refractivity contribution >= 4 is 17.5 Å². The minimum Gasteiger partial charge on any atom is -0.378 e. The lowest BCUT2D eigenvalue weighted by molar-refractivity contribution is -0.139. The lowest BCUT2D eigenvalue weighted by Gasteiger charge is -2.43. The van der Waals surface area contributed by atoms with Crippen LogP contribution < -0.4 is 0 Å². The summed E-state index contributed by atoms with van der Waals surface area (Å²) in [4.78, 5) is 15.2. The van der Waals surface area contributed by atoms with Crippen LogP contribution >= 0.6 is 11.6 Å². The van der Waals surface area contributed by atoms with Crippen molar-refractivity contribution in [2.24, 2.45) is 11.3 Å². The lowest BCUT2D eigenvalue weighted by Crippen LogP contribution is -2.44. The topological polar surface area (TPSA) is 29.5 Å². The second kappa shape index (κ2) is 8.75. The highest BCUT2D eigenvalue weighted by atomic mass is 35.5. The molecule has 3 nitrogen and oxygen atoms in total. The zero-order chi connectivity index (χ0) is 18.6. The van der Waals surface area contributed by atoms with Crippen LogP contribution in [0.1, 0.15) is 57.9 Å². The zero-order valence-electron chi connectivity index (χ0n) is 16.2. The molecular weight excluding hydrogens is 346 g/mol. The Hall–Kier alpha value is -1.06. The van der Waals surface area contributed by atoms with E-state index in [4.69, 9.17) is 16.3 Å². The van der Waals surface area contributed by atoms with Crippen LogP contribution in [0.15, 0.2) is 24.3 Å². The van der Waals surface area contributed by atoms with Gasteiger partial charge in [0.05, 0.1) is 6.10 Å². The van der Waals surface area contributed by atoms with Crippen LogP contribution in [0.5, 0.6) is 0 Å². The highest BCUT2D eigenvalue weighted by Crippen LogP contribution is 2.43. The van der Waals surface area contributed by atoms with Gasteiger partial charge in [-0.3, -0.25) is 4.79 Å². The average Bonchev–Trinajstić information content (AvgIpc) is 2.64. The van der Waals surface area contributed by atoms with Gasteiger partial charge < -0.3 is 9.64 Å². The van der Waals surface area contributed by atoms with Gasteiger partial charge in [0.15, 0.2) is 0 Å². The van der Waals surface area contributed by atoms with E-state index in [-0.39, 0.29) is 11.5 Å². The van der Waals surface area contributed by atoms with E-state index >= 15 is 0 Å². The van der Waals surface area contributed by atoms with E-state index in [1.807, 2.05) is 18.2 Å². The summed E-state index contributed by atoms with van der Waals surface area (Å²) in [7, 11) is 0. The Morgan fingerprint density at radius 1 is 1.27 bits per heavy atom. The second-order valence-corrected chi connectivity index (χ2v) is 8.90. The molecule has 0 radical (unpaired) electrons. The highest BCUT2D eigenvalue weighted by Gasteiger charge is 2.41. The van der Waals surface area contributed by atoms with Crippen molar-refractivity contribution in [3.05, 3.63) is 34.9 Å². The van der Waals surface area contributed by atoms with Gasteiger partial charge in [-0.1, -0.05) is 43.6 Å². The quantitative estimate of drug-likeness (QED) is 0.713. The Kier molecular flexibility index (Phi) is 6.63. The Balaban J connectivity index is 1.81. The molecule has 2 fully saturated rings. The number of carbonyl (C=O) groups excluding carboxylic acids is 1. The van der Waals surface area contributed by atoms with Gasteiger partial charge in [0.1, 0.15) is 0 Å². The first-order valence-corrected chi connectivity index (χ1v) is 10.5. The summed E-state index contributed by atoms with van der Waals surface area (Å²) in [6.45, 7) is 7.00. The molecule has 3 rings (SSSR count). The normalized spacial score (nSPS) is 26.9. The van der Waals surface area contributed by atoms with E-state index in [0.717, 1.165) is 62.4 Å². The van der Waals surface area contributed by atoms with E-state index in [9.17, 15) is 4.79 Å². The van der Waals surface area contributed by atoms with Crippen molar-refractivity contribution in [3.63, 3.8) is 0 Å². The van der Waals surface area contributed by atoms with Crippen molar-refractivity contribution in [2.75, 3.05) is 19.7 Å². The van der Waals surface area contributed by atoms with Gasteiger partial charge in [-0.05, 0) is 61.5 Å². The molecule has 144 valence electrons. The fourth-order valence-corrected chi connectivity index (χ4v) is 4.65. The number of amides is 1. The third kappa shape index (κ3) is 4.80.